The molecular formula is C23H19ClN4O5S3. The maximum Gasteiger partial charge on any atom is 0.263 e. The van der Waals surface area contributed by atoms with Crippen LogP contribution in [0.5, 0.6) is 0 Å². The Balaban J connectivity index is 1.51. The molecule has 0 saturated heterocycles. The number of benzene rings is 3. The number of aromatic nitrogens is 1. The maximum absolute atomic E-state index is 12.9. The number of sulfonamides is 2. The molecule has 9 nitrogen and oxygen atoms in total. The number of thiazole rings is 1. The first-order valence-corrected chi connectivity index (χ1v) is 14.5. The zero-order valence-corrected chi connectivity index (χ0v) is 21.8. The van der Waals surface area contributed by atoms with Crippen LogP contribution in [0.25, 0.3) is 0 Å². The summed E-state index contributed by atoms with van der Waals surface area (Å²) >= 11 is 7.28. The lowest BCUT2D eigenvalue weighted by Gasteiger charge is -2.12. The molecule has 1 amide bonds. The number of nitrogens with zero attached hydrogens (tertiary/aromatic N) is 1. The van der Waals surface area contributed by atoms with Crippen LogP contribution in [0, 0.1) is 6.92 Å². The minimum absolute atomic E-state index is 0.0159. The summed E-state index contributed by atoms with van der Waals surface area (Å²) in [5.74, 6) is -0.602. The van der Waals surface area contributed by atoms with Gasteiger partial charge in [0, 0.05) is 28.5 Å². The molecule has 0 aliphatic heterocycles. The normalized spacial score (nSPS) is 11.6. The molecule has 186 valence electrons. The number of hydrogen-bond donors (Lipinski definition) is 3. The molecule has 0 atom stereocenters. The van der Waals surface area contributed by atoms with Gasteiger partial charge in [-0.3, -0.25) is 14.2 Å². The summed E-state index contributed by atoms with van der Waals surface area (Å²) in [6, 6.07) is 16.2. The first kappa shape index (κ1) is 25.6. The van der Waals surface area contributed by atoms with Gasteiger partial charge in [-0.05, 0) is 67.1 Å². The molecule has 1 aromatic heterocycles. The first-order chi connectivity index (χ1) is 17.0. The van der Waals surface area contributed by atoms with Crippen molar-refractivity contribution in [3.8, 4) is 0 Å². The Labute approximate surface area is 217 Å². The third-order valence-electron chi connectivity index (χ3n) is 4.83. The molecule has 4 aromatic rings. The Bertz CT molecular complexity index is 1620. The van der Waals surface area contributed by atoms with E-state index in [4.69, 9.17) is 11.6 Å². The summed E-state index contributed by atoms with van der Waals surface area (Å²) < 4.78 is 55.6. The van der Waals surface area contributed by atoms with Gasteiger partial charge in [0.15, 0.2) is 5.13 Å². The number of halogens is 1. The summed E-state index contributed by atoms with van der Waals surface area (Å²) in [5.41, 5.74) is 1.59. The van der Waals surface area contributed by atoms with Crippen molar-refractivity contribution in [1.82, 2.24) is 4.98 Å². The van der Waals surface area contributed by atoms with E-state index in [9.17, 15) is 21.6 Å². The van der Waals surface area contributed by atoms with E-state index in [0.717, 1.165) is 16.9 Å². The fourth-order valence-corrected chi connectivity index (χ4v) is 6.50. The summed E-state index contributed by atoms with van der Waals surface area (Å²) in [5, 5.41) is 4.44. The number of amides is 1. The van der Waals surface area contributed by atoms with Crippen molar-refractivity contribution in [1.29, 1.82) is 0 Å². The molecule has 0 radical (unpaired) electrons. The molecular weight excluding hydrogens is 544 g/mol. The molecule has 0 unspecified atom stereocenters. The van der Waals surface area contributed by atoms with Crippen LogP contribution in [0.1, 0.15) is 15.9 Å². The molecule has 3 N–H and O–H groups in total. The van der Waals surface area contributed by atoms with Gasteiger partial charge in [0.2, 0.25) is 0 Å². The van der Waals surface area contributed by atoms with Gasteiger partial charge in [0.05, 0.1) is 9.92 Å². The van der Waals surface area contributed by atoms with Crippen molar-refractivity contribution in [3.05, 3.63) is 94.5 Å². The van der Waals surface area contributed by atoms with Gasteiger partial charge >= 0.3 is 0 Å². The minimum Gasteiger partial charge on any atom is -0.322 e. The Morgan fingerprint density at radius 1 is 0.889 bits per heavy atom. The van der Waals surface area contributed by atoms with Crippen molar-refractivity contribution in [2.24, 2.45) is 0 Å². The average Bonchev–Trinajstić information content (AvgIpc) is 3.31. The van der Waals surface area contributed by atoms with E-state index in [-0.39, 0.29) is 25.5 Å². The number of carbonyl (C=O) groups excluding carboxylic acids is 1. The largest absolute Gasteiger partial charge is 0.322 e. The van der Waals surface area contributed by atoms with E-state index >= 15 is 0 Å². The van der Waals surface area contributed by atoms with Gasteiger partial charge < -0.3 is 5.32 Å². The molecule has 36 heavy (non-hydrogen) atoms. The topological polar surface area (TPSA) is 134 Å². The van der Waals surface area contributed by atoms with Crippen molar-refractivity contribution < 1.29 is 21.6 Å². The Morgan fingerprint density at radius 2 is 1.64 bits per heavy atom. The molecule has 0 spiro atoms. The zero-order valence-electron chi connectivity index (χ0n) is 18.6. The van der Waals surface area contributed by atoms with Crippen LogP contribution in [-0.4, -0.2) is 27.7 Å². The summed E-state index contributed by atoms with van der Waals surface area (Å²) in [6.07, 6.45) is 1.48. The number of nitrogens with one attached hydrogen (secondary N) is 3. The maximum atomic E-state index is 12.9. The third-order valence-corrected chi connectivity index (χ3v) is 8.87. The molecule has 4 rings (SSSR count). The number of anilines is 3. The highest BCUT2D eigenvalue weighted by Gasteiger charge is 2.21. The summed E-state index contributed by atoms with van der Waals surface area (Å²) in [4.78, 5) is 16.4. The highest BCUT2D eigenvalue weighted by Crippen LogP contribution is 2.26. The van der Waals surface area contributed by atoms with Gasteiger partial charge in [-0.2, -0.15) is 0 Å². The van der Waals surface area contributed by atoms with Crippen LogP contribution < -0.4 is 14.8 Å². The van der Waals surface area contributed by atoms with Crippen LogP contribution in [-0.2, 0) is 20.0 Å². The van der Waals surface area contributed by atoms with Gasteiger partial charge in [-0.1, -0.05) is 23.7 Å². The van der Waals surface area contributed by atoms with Crippen molar-refractivity contribution in [2.45, 2.75) is 16.7 Å². The first-order valence-electron chi connectivity index (χ1n) is 10.3. The predicted octanol–water partition coefficient (Wildman–Crippen LogP) is 4.96. The predicted molar refractivity (Wildman–Crippen MR) is 141 cm³/mol. The van der Waals surface area contributed by atoms with E-state index in [1.54, 1.807) is 23.6 Å². The Kier molecular flexibility index (Phi) is 7.31. The SMILES string of the molecule is Cc1cccc(NS(=O)(=O)c2cc(C(=O)Nc3ccc(S(=O)(=O)Nc4nccs4)cc3)ccc2Cl)c1. The van der Waals surface area contributed by atoms with Crippen LogP contribution in [0.2, 0.25) is 5.02 Å². The lowest BCUT2D eigenvalue weighted by atomic mass is 10.2. The fraction of sp³-hybridized carbons (Fsp3) is 0.0435. The quantitative estimate of drug-likeness (QED) is 0.278. The van der Waals surface area contributed by atoms with Crippen LogP contribution in [0.15, 0.2) is 88.1 Å². The third kappa shape index (κ3) is 6.02. The minimum atomic E-state index is -4.07. The zero-order chi connectivity index (χ0) is 25.9. The van der Waals surface area contributed by atoms with Gasteiger partial charge in [0.1, 0.15) is 4.90 Å². The summed E-state index contributed by atoms with van der Waals surface area (Å²) in [6.45, 7) is 1.83. The highest BCUT2D eigenvalue weighted by molar-refractivity contribution is 7.93. The van der Waals surface area contributed by atoms with E-state index in [2.05, 4.69) is 19.7 Å². The number of rotatable bonds is 8. The van der Waals surface area contributed by atoms with Crippen LogP contribution in [0.4, 0.5) is 16.5 Å². The van der Waals surface area contributed by atoms with E-state index in [1.165, 1.54) is 48.7 Å². The standard InChI is InChI=1S/C23H19ClN4O5S3/c1-15-3-2-4-18(13-15)27-36(32,33)21-14-16(5-10-20(21)24)22(29)26-17-6-8-19(9-7-17)35(30,31)28-23-25-11-12-34-23/h2-14,27H,1H3,(H,25,28)(H,26,29). The Hall–Kier alpha value is -3.45. The second-order valence-electron chi connectivity index (χ2n) is 7.54. The molecule has 13 heteroatoms. The molecule has 0 saturated carbocycles. The van der Waals surface area contributed by atoms with Gasteiger partial charge in [-0.15, -0.1) is 11.3 Å². The van der Waals surface area contributed by atoms with Crippen molar-refractivity contribution in [3.63, 3.8) is 0 Å². The smallest absolute Gasteiger partial charge is 0.263 e. The summed E-state index contributed by atoms with van der Waals surface area (Å²) in [7, 11) is -7.91. The van der Waals surface area contributed by atoms with Crippen LogP contribution >= 0.6 is 22.9 Å². The molecule has 1 heterocycles. The van der Waals surface area contributed by atoms with E-state index < -0.39 is 26.0 Å². The second kappa shape index (κ2) is 10.3. The number of carbonyl (C=O) groups is 1. The van der Waals surface area contributed by atoms with Gasteiger partial charge in [-0.25, -0.2) is 21.8 Å². The molecule has 0 aliphatic rings. The van der Waals surface area contributed by atoms with Gasteiger partial charge in [0.25, 0.3) is 26.0 Å². The second-order valence-corrected chi connectivity index (χ2v) is 12.2. The van der Waals surface area contributed by atoms with E-state index in [1.807, 2.05) is 13.0 Å². The van der Waals surface area contributed by atoms with Crippen LogP contribution in [0.3, 0.4) is 0 Å². The average molecular weight is 563 g/mol. The molecule has 3 aromatic carbocycles. The lowest BCUT2D eigenvalue weighted by Crippen LogP contribution is -2.17. The molecule has 0 bridgehead atoms. The fourth-order valence-electron chi connectivity index (χ4n) is 3.14. The lowest BCUT2D eigenvalue weighted by molar-refractivity contribution is 0.102. The van der Waals surface area contributed by atoms with E-state index in [0.29, 0.717) is 11.4 Å². The Morgan fingerprint density at radius 3 is 2.31 bits per heavy atom. The molecule has 0 fully saturated rings. The monoisotopic (exact) mass is 562 g/mol. The van der Waals surface area contributed by atoms with Crippen molar-refractivity contribution in [2.75, 3.05) is 14.8 Å². The highest BCUT2D eigenvalue weighted by atomic mass is 35.5. The molecule has 0 aliphatic carbocycles. The number of aryl methyl sites for hydroxylation is 1. The number of hydrogen-bond acceptors (Lipinski definition) is 7. The van der Waals surface area contributed by atoms with Crippen molar-refractivity contribution >= 4 is 65.4 Å².